The normalized spacial score (nSPS) is 17.6. The molecule has 160 valence electrons. The summed E-state index contributed by atoms with van der Waals surface area (Å²) in [4.78, 5) is 33.0. The van der Waals surface area contributed by atoms with E-state index in [2.05, 4.69) is 9.97 Å². The smallest absolute Gasteiger partial charge is 0.341 e. The van der Waals surface area contributed by atoms with Gasteiger partial charge in [0.1, 0.15) is 34.3 Å². The summed E-state index contributed by atoms with van der Waals surface area (Å²) in [6.45, 7) is 1.30. The number of aromatic amines is 1. The van der Waals surface area contributed by atoms with E-state index in [0.29, 0.717) is 43.2 Å². The van der Waals surface area contributed by atoms with Crippen molar-refractivity contribution in [3.05, 3.63) is 48.0 Å². The number of halogens is 1. The number of ether oxygens (including phenoxy) is 2. The van der Waals surface area contributed by atoms with Crippen LogP contribution in [0.2, 0.25) is 0 Å². The third kappa shape index (κ3) is 3.52. The van der Waals surface area contributed by atoms with E-state index in [0.717, 1.165) is 29.9 Å². The Morgan fingerprint density at radius 1 is 1.23 bits per heavy atom. The zero-order chi connectivity index (χ0) is 21.6. The highest BCUT2D eigenvalue weighted by atomic mass is 19.1. The van der Waals surface area contributed by atoms with E-state index < -0.39 is 11.8 Å². The number of benzene rings is 1. The molecular weight excluding hydrogens is 401 g/mol. The number of pyridine rings is 1. The Hall–Kier alpha value is -3.42. The fourth-order valence-electron chi connectivity index (χ4n) is 4.60. The number of fused-ring (bicyclic) bond motifs is 1. The molecule has 0 radical (unpaired) electrons. The maximum absolute atomic E-state index is 15.0. The first-order chi connectivity index (χ1) is 15.0. The zero-order valence-corrected chi connectivity index (χ0v) is 17.1. The van der Waals surface area contributed by atoms with E-state index >= 15 is 0 Å². The number of esters is 1. The van der Waals surface area contributed by atoms with Crippen LogP contribution >= 0.6 is 0 Å². The number of Topliss-reactive ketones (excluding diaryl/α,β-unsaturated/α-hetero) is 1. The number of piperidine rings is 1. The second-order valence-electron chi connectivity index (χ2n) is 8.36. The molecule has 1 aliphatic carbocycles. The van der Waals surface area contributed by atoms with E-state index in [-0.39, 0.29) is 16.7 Å². The number of nitrogens with zero attached hydrogens (tertiary/aromatic N) is 2. The summed E-state index contributed by atoms with van der Waals surface area (Å²) >= 11 is 0. The number of hydrogen-bond acceptors (Lipinski definition) is 6. The summed E-state index contributed by atoms with van der Waals surface area (Å²) in [5.74, 6) is -0.237. The Morgan fingerprint density at radius 2 is 2.00 bits per heavy atom. The molecule has 1 aliphatic heterocycles. The summed E-state index contributed by atoms with van der Waals surface area (Å²) in [5, 5.41) is 0.857. The van der Waals surface area contributed by atoms with Crippen LogP contribution in [0.4, 0.5) is 10.1 Å². The van der Waals surface area contributed by atoms with E-state index in [1.165, 1.54) is 7.11 Å². The Balaban J connectivity index is 1.45. The van der Waals surface area contributed by atoms with Gasteiger partial charge in [0.2, 0.25) is 0 Å². The average molecular weight is 423 g/mol. The minimum absolute atomic E-state index is 0.0102. The maximum atomic E-state index is 15.0. The highest BCUT2D eigenvalue weighted by Crippen LogP contribution is 2.47. The molecular formula is C23H22FN3O4. The number of aromatic nitrogens is 2. The van der Waals surface area contributed by atoms with Gasteiger partial charge in [-0.3, -0.25) is 4.79 Å². The SMILES string of the molecule is COC(=O)c1cc(F)c(N2CCC3(CC2)CC(=O)C3)cc1Oc1cnc2[nH]ccc2c1. The highest BCUT2D eigenvalue weighted by molar-refractivity contribution is 5.93. The van der Waals surface area contributed by atoms with Crippen LogP contribution < -0.4 is 9.64 Å². The van der Waals surface area contributed by atoms with E-state index in [4.69, 9.17) is 9.47 Å². The lowest BCUT2D eigenvalue weighted by Gasteiger charge is -2.47. The predicted octanol–water partition coefficient (Wildman–Crippen LogP) is 4.23. The van der Waals surface area contributed by atoms with Gasteiger partial charge in [0.25, 0.3) is 0 Å². The van der Waals surface area contributed by atoms with Crippen LogP contribution in [0.15, 0.2) is 36.7 Å². The molecule has 3 aromatic rings. The van der Waals surface area contributed by atoms with Crippen molar-refractivity contribution in [2.24, 2.45) is 5.41 Å². The van der Waals surface area contributed by atoms with Crippen molar-refractivity contribution >= 4 is 28.5 Å². The number of carbonyl (C=O) groups is 2. The monoisotopic (exact) mass is 423 g/mol. The van der Waals surface area contributed by atoms with Crippen molar-refractivity contribution in [3.63, 3.8) is 0 Å². The third-order valence-electron chi connectivity index (χ3n) is 6.37. The molecule has 1 saturated heterocycles. The lowest BCUT2D eigenvalue weighted by Crippen LogP contribution is -2.47. The molecule has 3 heterocycles. The Bertz CT molecular complexity index is 1170. The number of nitrogens with one attached hydrogen (secondary N) is 1. The molecule has 1 N–H and O–H groups in total. The number of rotatable bonds is 4. The van der Waals surface area contributed by atoms with Crippen LogP contribution in [-0.4, -0.2) is 41.9 Å². The number of anilines is 1. The fourth-order valence-corrected chi connectivity index (χ4v) is 4.60. The molecule has 2 fully saturated rings. The number of ketones is 1. The van der Waals surface area contributed by atoms with E-state index in [9.17, 15) is 14.0 Å². The molecule has 0 atom stereocenters. The molecule has 2 aromatic heterocycles. The summed E-state index contributed by atoms with van der Waals surface area (Å²) in [6, 6.07) is 6.37. The first kappa shape index (κ1) is 19.5. The van der Waals surface area contributed by atoms with Gasteiger partial charge in [-0.15, -0.1) is 0 Å². The predicted molar refractivity (Wildman–Crippen MR) is 112 cm³/mol. The lowest BCUT2D eigenvalue weighted by molar-refractivity contribution is -0.133. The van der Waals surface area contributed by atoms with Crippen LogP contribution in [0.25, 0.3) is 11.0 Å². The molecule has 1 spiro atoms. The number of hydrogen-bond donors (Lipinski definition) is 1. The fraction of sp³-hybridized carbons (Fsp3) is 0.348. The highest BCUT2D eigenvalue weighted by Gasteiger charge is 2.45. The van der Waals surface area contributed by atoms with Gasteiger partial charge < -0.3 is 19.4 Å². The molecule has 0 amide bonds. The molecule has 0 bridgehead atoms. The summed E-state index contributed by atoms with van der Waals surface area (Å²) in [5.41, 5.74) is 1.19. The molecule has 7 nitrogen and oxygen atoms in total. The van der Waals surface area contributed by atoms with Crippen molar-refractivity contribution in [3.8, 4) is 11.5 Å². The standard InChI is InChI=1S/C23H22FN3O4/c1-30-22(29)17-9-18(24)19(27-6-3-23(4-7-27)11-15(28)12-23)10-20(17)31-16-8-14-2-5-25-21(14)26-13-16/h2,5,8-10,13H,3-4,6-7,11-12H2,1H3,(H,25,26). The van der Waals surface area contributed by atoms with Crippen molar-refractivity contribution < 1.29 is 23.5 Å². The van der Waals surface area contributed by atoms with Gasteiger partial charge in [0.05, 0.1) is 19.0 Å². The Morgan fingerprint density at radius 3 is 2.71 bits per heavy atom. The average Bonchev–Trinajstić information content (AvgIpc) is 3.22. The lowest BCUT2D eigenvalue weighted by atomic mass is 9.62. The van der Waals surface area contributed by atoms with E-state index in [1.54, 1.807) is 24.5 Å². The molecule has 5 rings (SSSR count). The molecule has 1 saturated carbocycles. The first-order valence-electron chi connectivity index (χ1n) is 10.3. The number of methoxy groups -OCH3 is 1. The maximum Gasteiger partial charge on any atom is 0.341 e. The molecule has 0 unspecified atom stereocenters. The number of H-pyrrole nitrogens is 1. The van der Waals surface area contributed by atoms with Gasteiger partial charge in [-0.05, 0) is 36.5 Å². The Labute approximate surface area is 178 Å². The van der Waals surface area contributed by atoms with Gasteiger partial charge in [-0.1, -0.05) is 0 Å². The van der Waals surface area contributed by atoms with Crippen molar-refractivity contribution in [2.75, 3.05) is 25.1 Å². The second kappa shape index (κ2) is 7.37. The van der Waals surface area contributed by atoms with Gasteiger partial charge in [-0.25, -0.2) is 14.2 Å². The van der Waals surface area contributed by atoms with Gasteiger partial charge in [0, 0.05) is 43.6 Å². The largest absolute Gasteiger partial charge is 0.465 e. The van der Waals surface area contributed by atoms with E-state index in [1.807, 2.05) is 11.0 Å². The molecule has 8 heteroatoms. The van der Waals surface area contributed by atoms with Crippen molar-refractivity contribution in [2.45, 2.75) is 25.7 Å². The van der Waals surface area contributed by atoms with Crippen LogP contribution in [-0.2, 0) is 9.53 Å². The molecule has 1 aromatic carbocycles. The summed E-state index contributed by atoms with van der Waals surface area (Å²) < 4.78 is 25.8. The second-order valence-corrected chi connectivity index (χ2v) is 8.36. The van der Waals surface area contributed by atoms with Gasteiger partial charge in [0.15, 0.2) is 0 Å². The molecule has 31 heavy (non-hydrogen) atoms. The van der Waals surface area contributed by atoms with Crippen LogP contribution in [0.3, 0.4) is 0 Å². The minimum Gasteiger partial charge on any atom is -0.465 e. The quantitative estimate of drug-likeness (QED) is 0.632. The number of carbonyl (C=O) groups excluding carboxylic acids is 2. The minimum atomic E-state index is -0.679. The van der Waals surface area contributed by atoms with Crippen LogP contribution in [0, 0.1) is 11.2 Å². The van der Waals surface area contributed by atoms with Crippen molar-refractivity contribution in [1.82, 2.24) is 9.97 Å². The topological polar surface area (TPSA) is 84.5 Å². The van der Waals surface area contributed by atoms with Crippen molar-refractivity contribution in [1.29, 1.82) is 0 Å². The van der Waals surface area contributed by atoms with Crippen LogP contribution in [0.5, 0.6) is 11.5 Å². The summed E-state index contributed by atoms with van der Waals surface area (Å²) in [6.07, 6.45) is 6.28. The summed E-state index contributed by atoms with van der Waals surface area (Å²) in [7, 11) is 1.25. The molecule has 2 aliphatic rings. The van der Waals surface area contributed by atoms with Crippen LogP contribution in [0.1, 0.15) is 36.0 Å². The zero-order valence-electron chi connectivity index (χ0n) is 17.1. The third-order valence-corrected chi connectivity index (χ3v) is 6.37. The van der Waals surface area contributed by atoms with Gasteiger partial charge in [-0.2, -0.15) is 0 Å². The first-order valence-corrected chi connectivity index (χ1v) is 10.3. The van der Waals surface area contributed by atoms with Gasteiger partial charge >= 0.3 is 5.97 Å². The Kier molecular flexibility index (Phi) is 4.64.